The van der Waals surface area contributed by atoms with Crippen LogP contribution in [0.4, 0.5) is 11.4 Å². The molecule has 0 aliphatic carbocycles. The SMILES string of the molecule is Cc1ccc(C(=O)Nc2ccc(S(=O)(=O)Nc3cccc(Cl)c3C)cc2)c(C)c1. The van der Waals surface area contributed by atoms with Crippen LogP contribution in [0.2, 0.25) is 5.02 Å². The van der Waals surface area contributed by atoms with Gasteiger partial charge in [-0.2, -0.15) is 0 Å². The summed E-state index contributed by atoms with van der Waals surface area (Å²) >= 11 is 6.05. The number of carbonyl (C=O) groups excluding carboxylic acids is 1. The second-order valence-electron chi connectivity index (χ2n) is 6.81. The lowest BCUT2D eigenvalue weighted by Gasteiger charge is -2.12. The van der Waals surface area contributed by atoms with Gasteiger partial charge in [0.1, 0.15) is 0 Å². The van der Waals surface area contributed by atoms with E-state index in [4.69, 9.17) is 11.6 Å². The molecule has 0 atom stereocenters. The minimum Gasteiger partial charge on any atom is -0.322 e. The highest BCUT2D eigenvalue weighted by Gasteiger charge is 2.16. The lowest BCUT2D eigenvalue weighted by Crippen LogP contribution is -2.15. The van der Waals surface area contributed by atoms with Crippen LogP contribution in [0.25, 0.3) is 0 Å². The molecule has 0 saturated carbocycles. The molecule has 3 rings (SSSR count). The van der Waals surface area contributed by atoms with Gasteiger partial charge in [-0.1, -0.05) is 35.4 Å². The molecule has 0 aliphatic rings. The summed E-state index contributed by atoms with van der Waals surface area (Å²) in [5.74, 6) is -0.245. The zero-order valence-corrected chi connectivity index (χ0v) is 17.9. The topological polar surface area (TPSA) is 75.3 Å². The van der Waals surface area contributed by atoms with Crippen LogP contribution >= 0.6 is 11.6 Å². The van der Waals surface area contributed by atoms with Crippen LogP contribution in [-0.4, -0.2) is 14.3 Å². The monoisotopic (exact) mass is 428 g/mol. The maximum Gasteiger partial charge on any atom is 0.261 e. The molecule has 0 saturated heterocycles. The number of hydrogen-bond donors (Lipinski definition) is 2. The van der Waals surface area contributed by atoms with Gasteiger partial charge in [-0.15, -0.1) is 0 Å². The number of amides is 1. The maximum atomic E-state index is 12.7. The van der Waals surface area contributed by atoms with Gasteiger partial charge in [0.2, 0.25) is 0 Å². The zero-order chi connectivity index (χ0) is 21.2. The second kappa shape index (κ2) is 8.27. The first-order chi connectivity index (χ1) is 13.7. The summed E-state index contributed by atoms with van der Waals surface area (Å²) in [5.41, 5.74) is 4.11. The number of aryl methyl sites for hydroxylation is 2. The van der Waals surface area contributed by atoms with Gasteiger partial charge < -0.3 is 5.32 Å². The summed E-state index contributed by atoms with van der Waals surface area (Å²) in [6.45, 7) is 5.58. The minimum absolute atomic E-state index is 0.0846. The van der Waals surface area contributed by atoms with Crippen molar-refractivity contribution in [2.45, 2.75) is 25.7 Å². The molecule has 0 fully saturated rings. The van der Waals surface area contributed by atoms with Crippen molar-refractivity contribution >= 4 is 38.9 Å². The molecule has 1 amide bonds. The highest BCUT2D eigenvalue weighted by Crippen LogP contribution is 2.26. The van der Waals surface area contributed by atoms with Gasteiger partial charge in [-0.05, 0) is 74.4 Å². The average molecular weight is 429 g/mol. The molecular formula is C22H21ClN2O3S. The van der Waals surface area contributed by atoms with E-state index < -0.39 is 10.0 Å². The lowest BCUT2D eigenvalue weighted by atomic mass is 10.1. The Kier molecular flexibility index (Phi) is 5.96. The predicted molar refractivity (Wildman–Crippen MR) is 117 cm³/mol. The molecule has 0 bridgehead atoms. The fourth-order valence-corrected chi connectivity index (χ4v) is 4.20. The van der Waals surface area contributed by atoms with Crippen LogP contribution in [0.3, 0.4) is 0 Å². The Bertz CT molecular complexity index is 1170. The van der Waals surface area contributed by atoms with Gasteiger partial charge in [0.15, 0.2) is 0 Å². The average Bonchev–Trinajstić information content (AvgIpc) is 2.65. The molecule has 0 unspecified atom stereocenters. The molecule has 29 heavy (non-hydrogen) atoms. The van der Waals surface area contributed by atoms with Gasteiger partial charge in [0.25, 0.3) is 15.9 Å². The van der Waals surface area contributed by atoms with E-state index in [9.17, 15) is 13.2 Å². The van der Waals surface area contributed by atoms with Crippen LogP contribution < -0.4 is 10.0 Å². The predicted octanol–water partition coefficient (Wildman–Crippen LogP) is 5.32. The van der Waals surface area contributed by atoms with Gasteiger partial charge in [-0.3, -0.25) is 9.52 Å². The first-order valence-electron chi connectivity index (χ1n) is 8.94. The van der Waals surface area contributed by atoms with Crippen molar-refractivity contribution in [2.75, 3.05) is 10.0 Å². The third-order valence-corrected chi connectivity index (χ3v) is 6.35. The summed E-state index contributed by atoms with van der Waals surface area (Å²) in [5, 5.41) is 3.27. The molecule has 0 aromatic heterocycles. The molecule has 0 aliphatic heterocycles. The number of halogens is 1. The maximum absolute atomic E-state index is 12.7. The highest BCUT2D eigenvalue weighted by molar-refractivity contribution is 7.92. The van der Waals surface area contributed by atoms with Crippen molar-refractivity contribution in [2.24, 2.45) is 0 Å². The fraction of sp³-hybridized carbons (Fsp3) is 0.136. The van der Waals surface area contributed by atoms with Gasteiger partial charge in [0.05, 0.1) is 10.6 Å². The number of hydrogen-bond acceptors (Lipinski definition) is 3. The van der Waals surface area contributed by atoms with E-state index in [0.29, 0.717) is 27.5 Å². The normalized spacial score (nSPS) is 11.2. The van der Waals surface area contributed by atoms with E-state index in [-0.39, 0.29) is 10.8 Å². The standard InChI is InChI=1S/C22H21ClN2O3S/c1-14-7-12-19(15(2)13-14)22(26)24-17-8-10-18(11-9-17)29(27,28)25-21-6-4-5-20(23)16(21)3/h4-13,25H,1-3H3,(H,24,26). The van der Waals surface area contributed by atoms with Crippen molar-refractivity contribution in [3.05, 3.63) is 87.9 Å². The molecule has 0 radical (unpaired) electrons. The Balaban J connectivity index is 1.77. The molecule has 3 aromatic rings. The molecule has 150 valence electrons. The fourth-order valence-electron chi connectivity index (χ4n) is 2.91. The first-order valence-corrected chi connectivity index (χ1v) is 10.8. The number of benzene rings is 3. The summed E-state index contributed by atoms with van der Waals surface area (Å²) in [7, 11) is -3.78. The van der Waals surface area contributed by atoms with Crippen molar-refractivity contribution < 1.29 is 13.2 Å². The van der Waals surface area contributed by atoms with Crippen LogP contribution in [0, 0.1) is 20.8 Å². The molecule has 5 nitrogen and oxygen atoms in total. The number of rotatable bonds is 5. The molecule has 7 heteroatoms. The Labute approximate surface area is 175 Å². The lowest BCUT2D eigenvalue weighted by molar-refractivity contribution is 0.102. The van der Waals surface area contributed by atoms with Gasteiger partial charge in [-0.25, -0.2) is 8.42 Å². The van der Waals surface area contributed by atoms with Crippen molar-refractivity contribution in [1.29, 1.82) is 0 Å². The first kappa shape index (κ1) is 20.9. The third kappa shape index (κ3) is 4.78. The van der Waals surface area contributed by atoms with E-state index in [2.05, 4.69) is 10.0 Å². The Morgan fingerprint density at radius 3 is 2.28 bits per heavy atom. The van der Waals surface area contributed by atoms with Crippen LogP contribution in [0.15, 0.2) is 65.6 Å². The molecule has 3 aromatic carbocycles. The quantitative estimate of drug-likeness (QED) is 0.577. The van der Waals surface area contributed by atoms with Gasteiger partial charge >= 0.3 is 0 Å². The van der Waals surface area contributed by atoms with E-state index >= 15 is 0 Å². The minimum atomic E-state index is -3.78. The van der Waals surface area contributed by atoms with Crippen LogP contribution in [0.1, 0.15) is 27.0 Å². The number of sulfonamides is 1. The summed E-state index contributed by atoms with van der Waals surface area (Å²) < 4.78 is 27.9. The zero-order valence-electron chi connectivity index (χ0n) is 16.3. The second-order valence-corrected chi connectivity index (χ2v) is 8.90. The van der Waals surface area contributed by atoms with Gasteiger partial charge in [0, 0.05) is 16.3 Å². The molecule has 0 spiro atoms. The van der Waals surface area contributed by atoms with Crippen molar-refractivity contribution in [3.8, 4) is 0 Å². The molecular weight excluding hydrogens is 408 g/mol. The number of carbonyl (C=O) groups is 1. The smallest absolute Gasteiger partial charge is 0.261 e. The number of anilines is 2. The summed E-state index contributed by atoms with van der Waals surface area (Å²) in [6.07, 6.45) is 0. The summed E-state index contributed by atoms with van der Waals surface area (Å²) in [6, 6.07) is 16.6. The largest absolute Gasteiger partial charge is 0.322 e. The third-order valence-electron chi connectivity index (χ3n) is 4.56. The van der Waals surface area contributed by atoms with E-state index in [0.717, 1.165) is 11.1 Å². The Morgan fingerprint density at radius 2 is 1.62 bits per heavy atom. The Hall–Kier alpha value is -2.83. The van der Waals surface area contributed by atoms with Crippen molar-refractivity contribution in [1.82, 2.24) is 0 Å². The molecule has 2 N–H and O–H groups in total. The molecule has 0 heterocycles. The van der Waals surface area contributed by atoms with E-state index in [1.54, 1.807) is 43.3 Å². The number of nitrogens with one attached hydrogen (secondary N) is 2. The Morgan fingerprint density at radius 1 is 0.931 bits per heavy atom. The van der Waals surface area contributed by atoms with E-state index in [1.165, 1.54) is 12.1 Å². The van der Waals surface area contributed by atoms with Crippen molar-refractivity contribution in [3.63, 3.8) is 0 Å². The van der Waals surface area contributed by atoms with E-state index in [1.807, 2.05) is 26.0 Å². The highest BCUT2D eigenvalue weighted by atomic mass is 35.5. The summed E-state index contributed by atoms with van der Waals surface area (Å²) in [4.78, 5) is 12.6. The van der Waals surface area contributed by atoms with Crippen LogP contribution in [0.5, 0.6) is 0 Å². The van der Waals surface area contributed by atoms with Crippen LogP contribution in [-0.2, 0) is 10.0 Å².